The van der Waals surface area contributed by atoms with E-state index in [4.69, 9.17) is 0 Å². The molecule has 0 aromatic heterocycles. The van der Waals surface area contributed by atoms with E-state index in [1.807, 2.05) is 6.92 Å². The van der Waals surface area contributed by atoms with Crippen LogP contribution in [0.3, 0.4) is 0 Å². The Morgan fingerprint density at radius 2 is 1.95 bits per heavy atom. The molecule has 0 aliphatic carbocycles. The van der Waals surface area contributed by atoms with Crippen LogP contribution >= 0.6 is 0 Å². The summed E-state index contributed by atoms with van der Waals surface area (Å²) in [6, 6.07) is 2.43. The summed E-state index contributed by atoms with van der Waals surface area (Å²) in [4.78, 5) is 5.00. The predicted octanol–water partition coefficient (Wildman–Crippen LogP) is 2.47. The molecule has 1 N–H and O–H groups in total. The van der Waals surface area contributed by atoms with E-state index >= 15 is 0 Å². The zero-order chi connectivity index (χ0) is 15.6. The smallest absolute Gasteiger partial charge is 0.103 e. The second-order valence-electron chi connectivity index (χ2n) is 6.68. The van der Waals surface area contributed by atoms with Crippen molar-refractivity contribution in [2.24, 2.45) is 0 Å². The molecule has 0 aromatic rings. The second-order valence-corrected chi connectivity index (χ2v) is 6.68. The minimum absolute atomic E-state index is 0.343. The van der Waals surface area contributed by atoms with Crippen LogP contribution in [0.1, 0.15) is 52.4 Å². The topological polar surface area (TPSA) is 42.3 Å². The van der Waals surface area contributed by atoms with Gasteiger partial charge in [0.1, 0.15) is 5.54 Å². The van der Waals surface area contributed by atoms with Crippen molar-refractivity contribution in [2.75, 3.05) is 46.3 Å². The van der Waals surface area contributed by atoms with Gasteiger partial charge in [-0.05, 0) is 78.7 Å². The molecule has 0 aromatic carbocycles. The van der Waals surface area contributed by atoms with Crippen molar-refractivity contribution in [3.63, 3.8) is 0 Å². The number of hydrogen-bond donors (Lipinski definition) is 1. The van der Waals surface area contributed by atoms with Crippen molar-refractivity contribution in [1.29, 1.82) is 5.26 Å². The first-order chi connectivity index (χ1) is 10.1. The van der Waals surface area contributed by atoms with E-state index in [0.29, 0.717) is 0 Å². The zero-order valence-corrected chi connectivity index (χ0v) is 14.3. The lowest BCUT2D eigenvalue weighted by Gasteiger charge is -2.24. The molecular formula is C17H34N4. The summed E-state index contributed by atoms with van der Waals surface area (Å²) < 4.78 is 0. The summed E-state index contributed by atoms with van der Waals surface area (Å²) in [7, 11) is 2.22. The highest BCUT2D eigenvalue weighted by Crippen LogP contribution is 2.13. The molecule has 1 aliphatic rings. The standard InChI is InChI=1S/C17H34N4/c1-4-10-19-17(2,16-18)9-5-6-11-20(3)14-15-21-12-7-8-13-21/h19H,4-15H2,1-3H3. The molecule has 1 rings (SSSR count). The summed E-state index contributed by atoms with van der Waals surface area (Å²) in [5.74, 6) is 0. The molecule has 122 valence electrons. The summed E-state index contributed by atoms with van der Waals surface area (Å²) >= 11 is 0. The van der Waals surface area contributed by atoms with Crippen molar-refractivity contribution in [2.45, 2.75) is 57.9 Å². The first-order valence-electron chi connectivity index (χ1n) is 8.67. The van der Waals surface area contributed by atoms with Gasteiger partial charge in [-0.3, -0.25) is 5.32 Å². The van der Waals surface area contributed by atoms with Gasteiger partial charge in [0, 0.05) is 13.1 Å². The van der Waals surface area contributed by atoms with Gasteiger partial charge in [0.2, 0.25) is 0 Å². The maximum absolute atomic E-state index is 9.30. The molecule has 1 saturated heterocycles. The van der Waals surface area contributed by atoms with Gasteiger partial charge in [0.25, 0.3) is 0 Å². The number of rotatable bonds is 11. The van der Waals surface area contributed by atoms with E-state index < -0.39 is 0 Å². The molecule has 0 amide bonds. The van der Waals surface area contributed by atoms with Gasteiger partial charge < -0.3 is 9.80 Å². The van der Waals surface area contributed by atoms with Crippen LogP contribution in [0, 0.1) is 11.3 Å². The van der Waals surface area contributed by atoms with Crippen molar-refractivity contribution < 1.29 is 0 Å². The van der Waals surface area contributed by atoms with Gasteiger partial charge >= 0.3 is 0 Å². The van der Waals surface area contributed by atoms with Gasteiger partial charge in [-0.15, -0.1) is 0 Å². The molecule has 1 unspecified atom stereocenters. The molecular weight excluding hydrogens is 260 g/mol. The van der Waals surface area contributed by atoms with Gasteiger partial charge in [-0.25, -0.2) is 0 Å². The van der Waals surface area contributed by atoms with Crippen LogP contribution in [-0.2, 0) is 0 Å². The van der Waals surface area contributed by atoms with Crippen molar-refractivity contribution in [3.8, 4) is 6.07 Å². The minimum atomic E-state index is -0.343. The van der Waals surface area contributed by atoms with Gasteiger partial charge in [-0.2, -0.15) is 5.26 Å². The fourth-order valence-electron chi connectivity index (χ4n) is 2.88. The lowest BCUT2D eigenvalue weighted by Crippen LogP contribution is -2.41. The molecule has 0 saturated carbocycles. The third-order valence-electron chi connectivity index (χ3n) is 4.48. The first-order valence-corrected chi connectivity index (χ1v) is 8.67. The number of unbranched alkanes of at least 4 members (excludes halogenated alkanes) is 1. The molecule has 4 heteroatoms. The van der Waals surface area contributed by atoms with E-state index in [9.17, 15) is 5.26 Å². The highest BCUT2D eigenvalue weighted by atomic mass is 15.2. The largest absolute Gasteiger partial charge is 0.305 e. The lowest BCUT2D eigenvalue weighted by atomic mass is 9.96. The Bertz CT molecular complexity index is 306. The maximum Gasteiger partial charge on any atom is 0.103 e. The number of nitrogens with one attached hydrogen (secondary N) is 1. The van der Waals surface area contributed by atoms with E-state index in [1.165, 1.54) is 45.4 Å². The molecule has 21 heavy (non-hydrogen) atoms. The molecule has 0 spiro atoms. The number of likely N-dealkylation sites (tertiary alicyclic amines) is 1. The third kappa shape index (κ3) is 7.80. The molecule has 0 radical (unpaired) electrons. The van der Waals surface area contributed by atoms with Crippen LogP contribution in [0.15, 0.2) is 0 Å². The van der Waals surface area contributed by atoms with Gasteiger partial charge in [0.15, 0.2) is 0 Å². The second kappa shape index (κ2) is 10.2. The number of likely N-dealkylation sites (N-methyl/N-ethyl adjacent to an activating group) is 1. The quantitative estimate of drug-likeness (QED) is 0.594. The Balaban J connectivity index is 2.07. The van der Waals surface area contributed by atoms with E-state index in [-0.39, 0.29) is 5.54 Å². The molecule has 4 nitrogen and oxygen atoms in total. The summed E-state index contributed by atoms with van der Waals surface area (Å²) in [6.07, 6.45) is 7.08. The lowest BCUT2D eigenvalue weighted by molar-refractivity contribution is 0.251. The van der Waals surface area contributed by atoms with E-state index in [2.05, 4.69) is 35.2 Å². The predicted molar refractivity (Wildman–Crippen MR) is 89.3 cm³/mol. The van der Waals surface area contributed by atoms with Crippen molar-refractivity contribution in [3.05, 3.63) is 0 Å². The first kappa shape index (κ1) is 18.4. The van der Waals surface area contributed by atoms with Crippen LogP contribution in [0.2, 0.25) is 0 Å². The normalized spacial score (nSPS) is 18.8. The summed E-state index contributed by atoms with van der Waals surface area (Å²) in [5.41, 5.74) is -0.343. The average Bonchev–Trinajstić information content (AvgIpc) is 3.01. The van der Waals surface area contributed by atoms with Crippen LogP contribution in [0.4, 0.5) is 0 Å². The Hall–Kier alpha value is -0.630. The van der Waals surface area contributed by atoms with E-state index in [0.717, 1.165) is 32.4 Å². The number of nitriles is 1. The van der Waals surface area contributed by atoms with Crippen LogP contribution < -0.4 is 5.32 Å². The molecule has 1 aliphatic heterocycles. The SMILES string of the molecule is CCCNC(C)(C#N)CCCCN(C)CCN1CCCC1. The fraction of sp³-hybridized carbons (Fsp3) is 0.941. The average molecular weight is 294 g/mol. The zero-order valence-electron chi connectivity index (χ0n) is 14.3. The summed E-state index contributed by atoms with van der Waals surface area (Å²) in [6.45, 7) is 11.2. The Morgan fingerprint density at radius 3 is 2.57 bits per heavy atom. The summed E-state index contributed by atoms with van der Waals surface area (Å²) in [5, 5.41) is 12.7. The van der Waals surface area contributed by atoms with Crippen molar-refractivity contribution in [1.82, 2.24) is 15.1 Å². The highest BCUT2D eigenvalue weighted by molar-refractivity contribution is 5.03. The Kier molecular flexibility index (Phi) is 8.91. The Morgan fingerprint density at radius 1 is 1.24 bits per heavy atom. The fourth-order valence-corrected chi connectivity index (χ4v) is 2.88. The van der Waals surface area contributed by atoms with Crippen LogP contribution in [0.5, 0.6) is 0 Å². The van der Waals surface area contributed by atoms with Crippen molar-refractivity contribution >= 4 is 0 Å². The monoisotopic (exact) mass is 294 g/mol. The molecule has 1 fully saturated rings. The van der Waals surface area contributed by atoms with Gasteiger partial charge in [0.05, 0.1) is 6.07 Å². The van der Waals surface area contributed by atoms with Crippen LogP contribution in [-0.4, -0.2) is 61.7 Å². The van der Waals surface area contributed by atoms with Crippen LogP contribution in [0.25, 0.3) is 0 Å². The third-order valence-corrected chi connectivity index (χ3v) is 4.48. The molecule has 1 heterocycles. The molecule has 0 bridgehead atoms. The van der Waals surface area contributed by atoms with E-state index in [1.54, 1.807) is 0 Å². The highest BCUT2D eigenvalue weighted by Gasteiger charge is 2.21. The number of hydrogen-bond acceptors (Lipinski definition) is 4. The number of nitrogens with zero attached hydrogens (tertiary/aromatic N) is 3. The minimum Gasteiger partial charge on any atom is -0.305 e. The Labute approximate surface area is 131 Å². The maximum atomic E-state index is 9.30. The molecule has 1 atom stereocenters. The van der Waals surface area contributed by atoms with Gasteiger partial charge in [-0.1, -0.05) is 6.92 Å².